The van der Waals surface area contributed by atoms with Crippen molar-refractivity contribution in [2.75, 3.05) is 6.61 Å². The standard InChI is InChI=1S/C10H20O4/c1-10(2,3)9-8(13)7(12)6(14-9)4-5-11/h6-9,11-13H,4-5H2,1-3H3/t6-,7-,8-,9-/m1/s1. The van der Waals surface area contributed by atoms with Crippen molar-refractivity contribution in [3.63, 3.8) is 0 Å². The van der Waals surface area contributed by atoms with Crippen molar-refractivity contribution >= 4 is 0 Å². The Morgan fingerprint density at radius 1 is 1.14 bits per heavy atom. The fraction of sp³-hybridized carbons (Fsp3) is 1.00. The van der Waals surface area contributed by atoms with Gasteiger partial charge >= 0.3 is 0 Å². The molecule has 4 heteroatoms. The molecule has 1 aliphatic heterocycles. The molecule has 3 N–H and O–H groups in total. The summed E-state index contributed by atoms with van der Waals surface area (Å²) in [5.74, 6) is 0. The molecule has 0 aromatic heterocycles. The van der Waals surface area contributed by atoms with Crippen LogP contribution >= 0.6 is 0 Å². The molecular weight excluding hydrogens is 184 g/mol. The van der Waals surface area contributed by atoms with Crippen molar-refractivity contribution in [2.24, 2.45) is 5.41 Å². The first-order valence-electron chi connectivity index (χ1n) is 5.00. The van der Waals surface area contributed by atoms with Gasteiger partial charge in [0.05, 0.1) is 12.2 Å². The minimum absolute atomic E-state index is 0.0364. The predicted molar refractivity (Wildman–Crippen MR) is 51.8 cm³/mol. The Hall–Kier alpha value is -0.160. The molecule has 4 nitrogen and oxygen atoms in total. The summed E-state index contributed by atoms with van der Waals surface area (Å²) in [7, 11) is 0. The minimum atomic E-state index is -0.883. The SMILES string of the molecule is CC(C)(C)[C@@H]1O[C@H](CCO)[C@@H](O)[C@H]1O. The van der Waals surface area contributed by atoms with Crippen LogP contribution in [0.5, 0.6) is 0 Å². The maximum absolute atomic E-state index is 9.73. The topological polar surface area (TPSA) is 69.9 Å². The molecule has 0 saturated carbocycles. The fourth-order valence-electron chi connectivity index (χ4n) is 1.83. The maximum atomic E-state index is 9.73. The lowest BCUT2D eigenvalue weighted by atomic mass is 9.85. The molecular formula is C10H20O4. The Morgan fingerprint density at radius 3 is 2.07 bits per heavy atom. The summed E-state index contributed by atoms with van der Waals surface area (Å²) in [6, 6.07) is 0. The van der Waals surface area contributed by atoms with E-state index < -0.39 is 18.3 Å². The second-order valence-corrected chi connectivity index (χ2v) is 4.95. The lowest BCUT2D eigenvalue weighted by Crippen LogP contribution is -2.39. The van der Waals surface area contributed by atoms with E-state index in [1.807, 2.05) is 20.8 Å². The molecule has 1 rings (SSSR count). The first-order valence-corrected chi connectivity index (χ1v) is 5.00. The third kappa shape index (κ3) is 2.25. The van der Waals surface area contributed by atoms with Gasteiger partial charge in [0.2, 0.25) is 0 Å². The molecule has 84 valence electrons. The van der Waals surface area contributed by atoms with Gasteiger partial charge in [0.15, 0.2) is 0 Å². The molecule has 0 spiro atoms. The summed E-state index contributed by atoms with van der Waals surface area (Å²) in [5, 5.41) is 28.1. The first-order chi connectivity index (χ1) is 6.38. The van der Waals surface area contributed by atoms with Gasteiger partial charge in [-0.1, -0.05) is 20.8 Å². The predicted octanol–water partition coefficient (Wildman–Crippen LogP) is -0.0959. The zero-order chi connectivity index (χ0) is 10.9. The van der Waals surface area contributed by atoms with Crippen molar-refractivity contribution < 1.29 is 20.1 Å². The van der Waals surface area contributed by atoms with Gasteiger partial charge in [-0.05, 0) is 11.8 Å². The maximum Gasteiger partial charge on any atom is 0.109 e. The van der Waals surface area contributed by atoms with Gasteiger partial charge in [0.1, 0.15) is 12.2 Å². The Bertz CT molecular complexity index is 187. The molecule has 0 aromatic carbocycles. The number of ether oxygens (including phenoxy) is 1. The van der Waals surface area contributed by atoms with Crippen LogP contribution in [0.2, 0.25) is 0 Å². The summed E-state index contributed by atoms with van der Waals surface area (Å²) < 4.78 is 5.53. The van der Waals surface area contributed by atoms with E-state index >= 15 is 0 Å². The van der Waals surface area contributed by atoms with Gasteiger partial charge in [-0.2, -0.15) is 0 Å². The van der Waals surface area contributed by atoms with E-state index in [0.717, 1.165) is 0 Å². The van der Waals surface area contributed by atoms with Gasteiger partial charge in [-0.25, -0.2) is 0 Å². The van der Waals surface area contributed by atoms with E-state index in [1.165, 1.54) is 0 Å². The van der Waals surface area contributed by atoms with Crippen LogP contribution in [-0.4, -0.2) is 46.3 Å². The van der Waals surface area contributed by atoms with Gasteiger partial charge in [-0.15, -0.1) is 0 Å². The molecule has 1 saturated heterocycles. The van der Waals surface area contributed by atoms with Gasteiger partial charge < -0.3 is 20.1 Å². The summed E-state index contributed by atoms with van der Waals surface area (Å²) in [5.41, 5.74) is -0.204. The van der Waals surface area contributed by atoms with Crippen molar-refractivity contribution in [3.8, 4) is 0 Å². The van der Waals surface area contributed by atoms with Gasteiger partial charge in [0, 0.05) is 6.61 Å². The van der Waals surface area contributed by atoms with Crippen molar-refractivity contribution in [3.05, 3.63) is 0 Å². The lowest BCUT2D eigenvalue weighted by molar-refractivity contribution is -0.0559. The molecule has 1 heterocycles. The average Bonchev–Trinajstić information content (AvgIpc) is 2.32. The third-order valence-corrected chi connectivity index (χ3v) is 2.63. The van der Waals surface area contributed by atoms with Crippen LogP contribution in [0, 0.1) is 5.41 Å². The molecule has 1 aliphatic rings. The second-order valence-electron chi connectivity index (χ2n) is 4.95. The lowest BCUT2D eigenvalue weighted by Gasteiger charge is -2.28. The molecule has 4 atom stereocenters. The normalized spacial score (nSPS) is 39.0. The molecule has 1 fully saturated rings. The van der Waals surface area contributed by atoms with Crippen LogP contribution in [0.25, 0.3) is 0 Å². The average molecular weight is 204 g/mol. The molecule has 0 aromatic rings. The van der Waals surface area contributed by atoms with Crippen LogP contribution in [0.4, 0.5) is 0 Å². The number of aliphatic hydroxyl groups is 3. The molecule has 14 heavy (non-hydrogen) atoms. The number of aliphatic hydroxyl groups excluding tert-OH is 3. The van der Waals surface area contributed by atoms with Crippen molar-refractivity contribution in [2.45, 2.75) is 51.6 Å². The van der Waals surface area contributed by atoms with Gasteiger partial charge in [0.25, 0.3) is 0 Å². The highest BCUT2D eigenvalue weighted by atomic mass is 16.5. The van der Waals surface area contributed by atoms with E-state index in [0.29, 0.717) is 6.42 Å². The molecule has 0 radical (unpaired) electrons. The molecule has 0 aliphatic carbocycles. The Labute approximate surface area is 84.5 Å². The van der Waals surface area contributed by atoms with Crippen molar-refractivity contribution in [1.29, 1.82) is 0 Å². The second kappa shape index (κ2) is 4.14. The number of hydrogen-bond acceptors (Lipinski definition) is 4. The molecule has 0 bridgehead atoms. The van der Waals surface area contributed by atoms with E-state index in [4.69, 9.17) is 9.84 Å². The van der Waals surface area contributed by atoms with Crippen LogP contribution in [0.15, 0.2) is 0 Å². The summed E-state index contributed by atoms with van der Waals surface area (Å²) in [6.45, 7) is 5.82. The number of rotatable bonds is 2. The van der Waals surface area contributed by atoms with E-state index in [2.05, 4.69) is 0 Å². The summed E-state index contributed by atoms with van der Waals surface area (Å²) >= 11 is 0. The van der Waals surface area contributed by atoms with Crippen LogP contribution in [0.3, 0.4) is 0 Å². The zero-order valence-electron chi connectivity index (χ0n) is 8.97. The van der Waals surface area contributed by atoms with E-state index in [1.54, 1.807) is 0 Å². The quantitative estimate of drug-likeness (QED) is 0.587. The first kappa shape index (κ1) is 11.9. The smallest absolute Gasteiger partial charge is 0.109 e. The van der Waals surface area contributed by atoms with Crippen molar-refractivity contribution in [1.82, 2.24) is 0 Å². The zero-order valence-corrected chi connectivity index (χ0v) is 8.97. The van der Waals surface area contributed by atoms with Gasteiger partial charge in [-0.3, -0.25) is 0 Å². The van der Waals surface area contributed by atoms with Crippen LogP contribution in [0.1, 0.15) is 27.2 Å². The Morgan fingerprint density at radius 2 is 1.71 bits per heavy atom. The Kier molecular flexibility index (Phi) is 3.53. The number of hydrogen-bond donors (Lipinski definition) is 3. The van der Waals surface area contributed by atoms with E-state index in [-0.39, 0.29) is 18.1 Å². The summed E-state index contributed by atoms with van der Waals surface area (Å²) in [6.07, 6.45) is -2.18. The highest BCUT2D eigenvalue weighted by Crippen LogP contribution is 2.34. The Balaban J connectivity index is 2.67. The molecule has 0 unspecified atom stereocenters. The highest BCUT2D eigenvalue weighted by Gasteiger charge is 2.47. The molecule has 0 amide bonds. The van der Waals surface area contributed by atoms with E-state index in [9.17, 15) is 10.2 Å². The largest absolute Gasteiger partial charge is 0.396 e. The third-order valence-electron chi connectivity index (χ3n) is 2.63. The minimum Gasteiger partial charge on any atom is -0.396 e. The monoisotopic (exact) mass is 204 g/mol. The highest BCUT2D eigenvalue weighted by molar-refractivity contribution is 4.95. The van der Waals surface area contributed by atoms with Crippen LogP contribution in [-0.2, 0) is 4.74 Å². The fourth-order valence-corrected chi connectivity index (χ4v) is 1.83. The summed E-state index contributed by atoms with van der Waals surface area (Å²) in [4.78, 5) is 0. The van der Waals surface area contributed by atoms with Crippen LogP contribution < -0.4 is 0 Å².